The van der Waals surface area contributed by atoms with Crippen LogP contribution in [0.4, 0.5) is 5.00 Å². The lowest BCUT2D eigenvalue weighted by Crippen LogP contribution is -2.37. The normalized spacial score (nSPS) is 25.4. The summed E-state index contributed by atoms with van der Waals surface area (Å²) in [6.07, 6.45) is 1.65. The van der Waals surface area contributed by atoms with Crippen molar-refractivity contribution in [3.8, 4) is 0 Å². The first-order valence-corrected chi connectivity index (χ1v) is 11.0. The zero-order valence-electron chi connectivity index (χ0n) is 17.6. The summed E-state index contributed by atoms with van der Waals surface area (Å²) in [4.78, 5) is 38.6. The van der Waals surface area contributed by atoms with Crippen LogP contribution < -0.4 is 5.32 Å². The van der Waals surface area contributed by atoms with Crippen molar-refractivity contribution < 1.29 is 24.2 Å². The predicted octanol–water partition coefficient (Wildman–Crippen LogP) is 4.68. The van der Waals surface area contributed by atoms with Crippen LogP contribution in [0.15, 0.2) is 17.2 Å². The van der Waals surface area contributed by atoms with Gasteiger partial charge in [0, 0.05) is 4.88 Å². The molecule has 0 saturated heterocycles. The van der Waals surface area contributed by atoms with Gasteiger partial charge in [0.1, 0.15) is 5.00 Å². The number of fused-ring (bicyclic) bond motifs is 2. The quantitative estimate of drug-likeness (QED) is 0.516. The molecule has 0 unspecified atom stereocenters. The summed E-state index contributed by atoms with van der Waals surface area (Å²) in [5.41, 5.74) is 2.59. The van der Waals surface area contributed by atoms with Crippen LogP contribution in [0.5, 0.6) is 0 Å². The van der Waals surface area contributed by atoms with E-state index in [9.17, 15) is 19.5 Å². The van der Waals surface area contributed by atoms with Crippen LogP contribution in [0.25, 0.3) is 0 Å². The molecule has 2 aliphatic carbocycles. The lowest BCUT2D eigenvalue weighted by atomic mass is 9.79. The highest BCUT2D eigenvalue weighted by Crippen LogP contribution is 2.57. The largest absolute Gasteiger partial charge is 0.481 e. The van der Waals surface area contributed by atoms with Crippen LogP contribution in [0.2, 0.25) is 0 Å². The van der Waals surface area contributed by atoms with Gasteiger partial charge in [0.2, 0.25) is 5.91 Å². The molecule has 0 radical (unpaired) electrons. The number of nitrogens with one attached hydrogen (secondary N) is 1. The number of anilines is 1. The number of aliphatic carboxylic acids is 1. The van der Waals surface area contributed by atoms with E-state index in [1.54, 1.807) is 13.0 Å². The molecule has 0 aromatic carbocycles. The van der Waals surface area contributed by atoms with E-state index in [0.29, 0.717) is 10.6 Å². The number of carbonyl (C=O) groups is 3. The minimum absolute atomic E-state index is 0.0401. The van der Waals surface area contributed by atoms with Crippen molar-refractivity contribution in [1.29, 1.82) is 0 Å². The Bertz CT molecular complexity index is 865. The number of allylic oxidation sites excluding steroid dienone is 2. The zero-order valence-corrected chi connectivity index (χ0v) is 18.4. The first-order chi connectivity index (χ1) is 13.7. The standard InChI is InChI=1S/C22H29NO5S/c1-6-28-22(27)14-9-15(10(2)3)29-20(14)23-19(24)17-12-7-8-13(16(12)11(4)5)18(17)21(25)26/h9-10,12-13,17-18H,6-8H2,1-5H3,(H,23,24)(H,25,26)/t12-,13+,17-,18+/m1/s1. The smallest absolute Gasteiger partial charge is 0.341 e. The lowest BCUT2D eigenvalue weighted by molar-refractivity contribution is -0.148. The van der Waals surface area contributed by atoms with E-state index in [1.807, 2.05) is 27.7 Å². The molecule has 158 valence electrons. The Kier molecular flexibility index (Phi) is 6.17. The third-order valence-corrected chi connectivity index (χ3v) is 7.41. The van der Waals surface area contributed by atoms with Crippen molar-refractivity contribution >= 4 is 34.2 Å². The van der Waals surface area contributed by atoms with Gasteiger partial charge in [0.15, 0.2) is 0 Å². The molecule has 7 heteroatoms. The number of hydrogen-bond acceptors (Lipinski definition) is 5. The van der Waals surface area contributed by atoms with E-state index in [4.69, 9.17) is 4.74 Å². The fraction of sp³-hybridized carbons (Fsp3) is 0.591. The van der Waals surface area contributed by atoms with Gasteiger partial charge < -0.3 is 15.2 Å². The lowest BCUT2D eigenvalue weighted by Gasteiger charge is -2.26. The van der Waals surface area contributed by atoms with Crippen LogP contribution in [-0.2, 0) is 14.3 Å². The molecule has 29 heavy (non-hydrogen) atoms. The van der Waals surface area contributed by atoms with Crippen LogP contribution in [0, 0.1) is 23.7 Å². The van der Waals surface area contributed by atoms with Crippen molar-refractivity contribution in [3.05, 3.63) is 27.7 Å². The molecule has 1 aromatic rings. The highest BCUT2D eigenvalue weighted by atomic mass is 32.1. The molecule has 6 nitrogen and oxygen atoms in total. The molecule has 2 aliphatic rings. The second-order valence-corrected chi connectivity index (χ2v) is 9.48. The van der Waals surface area contributed by atoms with Crippen LogP contribution in [-0.4, -0.2) is 29.6 Å². The number of ether oxygens (including phenoxy) is 1. The monoisotopic (exact) mass is 419 g/mol. The molecular weight excluding hydrogens is 390 g/mol. The molecule has 1 aromatic heterocycles. The van der Waals surface area contributed by atoms with Crippen LogP contribution in [0.1, 0.15) is 68.6 Å². The Hall–Kier alpha value is -2.15. The van der Waals surface area contributed by atoms with E-state index in [2.05, 4.69) is 5.32 Å². The first-order valence-electron chi connectivity index (χ1n) is 10.2. The molecule has 2 fully saturated rings. The van der Waals surface area contributed by atoms with E-state index in [-0.39, 0.29) is 30.3 Å². The van der Waals surface area contributed by atoms with Gasteiger partial charge >= 0.3 is 11.9 Å². The van der Waals surface area contributed by atoms with Gasteiger partial charge in [0.25, 0.3) is 0 Å². The minimum Gasteiger partial charge on any atom is -0.481 e. The van der Waals surface area contributed by atoms with Crippen molar-refractivity contribution in [2.45, 2.75) is 53.4 Å². The Morgan fingerprint density at radius 1 is 1.21 bits per heavy atom. The zero-order chi connectivity index (χ0) is 21.5. The van der Waals surface area contributed by atoms with Gasteiger partial charge in [-0.05, 0) is 57.4 Å². The third kappa shape index (κ3) is 3.84. The fourth-order valence-electron chi connectivity index (χ4n) is 4.95. The summed E-state index contributed by atoms with van der Waals surface area (Å²) < 4.78 is 5.14. The second kappa shape index (κ2) is 8.30. The molecule has 3 rings (SSSR count). The number of rotatable bonds is 6. The van der Waals surface area contributed by atoms with Crippen molar-refractivity contribution in [1.82, 2.24) is 0 Å². The van der Waals surface area contributed by atoms with Crippen molar-refractivity contribution in [2.24, 2.45) is 23.7 Å². The molecule has 0 aliphatic heterocycles. The average Bonchev–Trinajstić information content (AvgIpc) is 3.32. The number of hydrogen-bond donors (Lipinski definition) is 2. The summed E-state index contributed by atoms with van der Waals surface area (Å²) >= 11 is 1.35. The van der Waals surface area contributed by atoms with Gasteiger partial charge in [-0.1, -0.05) is 25.0 Å². The summed E-state index contributed by atoms with van der Waals surface area (Å²) in [7, 11) is 0. The summed E-state index contributed by atoms with van der Waals surface area (Å²) in [6.45, 7) is 10.0. The molecule has 2 N–H and O–H groups in total. The van der Waals surface area contributed by atoms with E-state index in [1.165, 1.54) is 11.3 Å². The molecule has 4 atom stereocenters. The number of thiophene rings is 1. The molecule has 1 heterocycles. The van der Waals surface area contributed by atoms with E-state index >= 15 is 0 Å². The maximum Gasteiger partial charge on any atom is 0.341 e. The number of carboxylic acids is 1. The number of carboxylic acid groups (broad SMARTS) is 1. The SMILES string of the molecule is CCOC(=O)c1cc(C(C)C)sc1NC(=O)[C@H]1[C@@H](C(=O)O)[C@H]2CC[C@@H]1C2=C(C)C. The number of carbonyl (C=O) groups excluding carboxylic acids is 2. The predicted molar refractivity (Wildman–Crippen MR) is 112 cm³/mol. The van der Waals surface area contributed by atoms with Gasteiger partial charge in [-0.25, -0.2) is 4.79 Å². The highest BCUT2D eigenvalue weighted by Gasteiger charge is 2.57. The number of esters is 1. The minimum atomic E-state index is -0.921. The molecule has 2 bridgehead atoms. The van der Waals surface area contributed by atoms with Crippen LogP contribution in [0.3, 0.4) is 0 Å². The van der Waals surface area contributed by atoms with Gasteiger partial charge in [0.05, 0.1) is 24.0 Å². The topological polar surface area (TPSA) is 92.7 Å². The van der Waals surface area contributed by atoms with Crippen molar-refractivity contribution in [2.75, 3.05) is 11.9 Å². The first kappa shape index (κ1) is 21.6. The van der Waals surface area contributed by atoms with E-state index in [0.717, 1.165) is 28.9 Å². The van der Waals surface area contributed by atoms with Crippen molar-refractivity contribution in [3.63, 3.8) is 0 Å². The molecule has 0 spiro atoms. The maximum atomic E-state index is 13.3. The van der Waals surface area contributed by atoms with Gasteiger partial charge in [-0.15, -0.1) is 11.3 Å². The fourth-order valence-corrected chi connectivity index (χ4v) is 6.00. The Balaban J connectivity index is 1.93. The summed E-state index contributed by atoms with van der Waals surface area (Å²) in [6, 6.07) is 1.76. The third-order valence-electron chi connectivity index (χ3n) is 6.06. The Morgan fingerprint density at radius 3 is 2.34 bits per heavy atom. The maximum absolute atomic E-state index is 13.3. The Labute approximate surface area is 175 Å². The Morgan fingerprint density at radius 2 is 1.83 bits per heavy atom. The average molecular weight is 420 g/mol. The molecular formula is C22H29NO5S. The number of amides is 1. The second-order valence-electron chi connectivity index (χ2n) is 8.39. The van der Waals surface area contributed by atoms with Gasteiger partial charge in [-0.2, -0.15) is 0 Å². The summed E-state index contributed by atoms with van der Waals surface area (Å²) in [5, 5.41) is 13.2. The van der Waals surface area contributed by atoms with E-state index < -0.39 is 23.8 Å². The van der Waals surface area contributed by atoms with Gasteiger partial charge in [-0.3, -0.25) is 9.59 Å². The summed E-state index contributed by atoms with van der Waals surface area (Å²) in [5.74, 6) is -2.95. The van der Waals surface area contributed by atoms with Crippen LogP contribution >= 0.6 is 11.3 Å². The highest BCUT2D eigenvalue weighted by molar-refractivity contribution is 7.16. The molecule has 2 saturated carbocycles. The molecule has 1 amide bonds.